The lowest BCUT2D eigenvalue weighted by molar-refractivity contribution is -0.624. The van der Waals surface area contributed by atoms with Gasteiger partial charge in [-0.3, -0.25) is 9.79 Å². The third-order valence-corrected chi connectivity index (χ3v) is 5.26. The molecule has 2 rings (SSSR count). The van der Waals surface area contributed by atoms with E-state index in [1.807, 2.05) is 19.9 Å². The van der Waals surface area contributed by atoms with Crippen molar-refractivity contribution >= 4 is 13.9 Å². The molecule has 1 aliphatic rings. The van der Waals surface area contributed by atoms with Crippen molar-refractivity contribution in [2.24, 2.45) is 5.92 Å². The molecular weight excluding hydrogens is 359 g/mol. The SMILES string of the molecule is C=CCC(CC)C1(C)OOC1(OC)c1ccc(C=C)c(OP(=O)(O)O)c1. The predicted molar refractivity (Wildman–Crippen MR) is 97.1 cm³/mol. The topological polar surface area (TPSA) is 94.5 Å². The Bertz CT molecular complexity index is 724. The van der Waals surface area contributed by atoms with E-state index in [0.717, 1.165) is 6.42 Å². The zero-order valence-electron chi connectivity index (χ0n) is 15.2. The minimum absolute atomic E-state index is 0.0168. The van der Waals surface area contributed by atoms with Crippen molar-refractivity contribution < 1.29 is 33.4 Å². The Morgan fingerprint density at radius 2 is 2.04 bits per heavy atom. The van der Waals surface area contributed by atoms with E-state index in [2.05, 4.69) is 13.2 Å². The Morgan fingerprint density at radius 1 is 1.35 bits per heavy atom. The largest absolute Gasteiger partial charge is 0.524 e. The maximum atomic E-state index is 11.3. The maximum absolute atomic E-state index is 11.3. The molecule has 3 atom stereocenters. The van der Waals surface area contributed by atoms with E-state index in [0.29, 0.717) is 17.5 Å². The zero-order chi connectivity index (χ0) is 19.6. The van der Waals surface area contributed by atoms with Crippen LogP contribution >= 0.6 is 7.82 Å². The van der Waals surface area contributed by atoms with Crippen LogP contribution in [0, 0.1) is 5.92 Å². The second-order valence-corrected chi connectivity index (χ2v) is 7.43. The van der Waals surface area contributed by atoms with Crippen LogP contribution in [0.1, 0.15) is 37.8 Å². The van der Waals surface area contributed by atoms with Gasteiger partial charge < -0.3 is 9.26 Å². The third-order valence-electron chi connectivity index (χ3n) is 4.83. The first kappa shape index (κ1) is 20.8. The van der Waals surface area contributed by atoms with Crippen LogP contribution < -0.4 is 4.52 Å². The van der Waals surface area contributed by atoms with Crippen LogP contribution in [-0.2, 0) is 24.9 Å². The summed E-state index contributed by atoms with van der Waals surface area (Å²) < 4.78 is 21.8. The summed E-state index contributed by atoms with van der Waals surface area (Å²) in [4.78, 5) is 29.3. The molecule has 1 aliphatic heterocycles. The lowest BCUT2D eigenvalue weighted by Crippen LogP contribution is -2.67. The van der Waals surface area contributed by atoms with Gasteiger partial charge in [0.15, 0.2) is 5.60 Å². The second-order valence-electron chi connectivity index (χ2n) is 6.26. The molecule has 0 radical (unpaired) electrons. The molecule has 1 aromatic carbocycles. The van der Waals surface area contributed by atoms with E-state index in [1.54, 1.807) is 12.1 Å². The fourth-order valence-corrected chi connectivity index (χ4v) is 3.79. The molecule has 0 bridgehead atoms. The first-order chi connectivity index (χ1) is 12.2. The third kappa shape index (κ3) is 3.51. The van der Waals surface area contributed by atoms with E-state index in [4.69, 9.17) is 28.8 Å². The van der Waals surface area contributed by atoms with Crippen LogP contribution in [0.15, 0.2) is 37.4 Å². The van der Waals surface area contributed by atoms with Crippen molar-refractivity contribution in [2.45, 2.75) is 38.1 Å². The fraction of sp³-hybridized carbons (Fsp3) is 0.444. The highest BCUT2D eigenvalue weighted by Crippen LogP contribution is 2.55. The Morgan fingerprint density at radius 3 is 2.46 bits per heavy atom. The normalized spacial score (nSPS) is 26.7. The Hall–Kier alpha value is -1.47. The molecule has 0 saturated carbocycles. The molecular formula is C18H25O7P. The number of phosphoric acid groups is 1. The highest BCUT2D eigenvalue weighted by molar-refractivity contribution is 7.46. The number of ether oxygens (including phenoxy) is 1. The molecule has 0 spiro atoms. The molecule has 1 aromatic rings. The number of allylic oxidation sites excluding steroid dienone is 1. The molecule has 8 heteroatoms. The zero-order valence-corrected chi connectivity index (χ0v) is 16.1. The number of hydrogen-bond donors (Lipinski definition) is 2. The lowest BCUT2D eigenvalue weighted by Gasteiger charge is -2.56. The molecule has 0 aromatic heterocycles. The van der Waals surface area contributed by atoms with Crippen LogP contribution in [0.2, 0.25) is 0 Å². The number of rotatable bonds is 9. The highest BCUT2D eigenvalue weighted by Gasteiger charge is 2.66. The second kappa shape index (κ2) is 7.64. The molecule has 26 heavy (non-hydrogen) atoms. The van der Waals surface area contributed by atoms with Crippen molar-refractivity contribution in [2.75, 3.05) is 7.11 Å². The summed E-state index contributed by atoms with van der Waals surface area (Å²) in [5.74, 6) is -1.21. The van der Waals surface area contributed by atoms with E-state index in [9.17, 15) is 4.57 Å². The summed E-state index contributed by atoms with van der Waals surface area (Å²) in [6.45, 7) is 11.3. The lowest BCUT2D eigenvalue weighted by atomic mass is 9.74. The average molecular weight is 384 g/mol. The predicted octanol–water partition coefficient (Wildman–Crippen LogP) is 3.92. The molecule has 0 aliphatic carbocycles. The molecule has 144 valence electrons. The van der Waals surface area contributed by atoms with E-state index in [-0.39, 0.29) is 11.7 Å². The smallest absolute Gasteiger partial charge is 0.404 e. The Labute approximate surface area is 153 Å². The van der Waals surface area contributed by atoms with E-state index < -0.39 is 19.2 Å². The molecule has 1 heterocycles. The Kier molecular flexibility index (Phi) is 6.13. The van der Waals surface area contributed by atoms with Crippen molar-refractivity contribution in [3.63, 3.8) is 0 Å². The van der Waals surface area contributed by atoms with Gasteiger partial charge in [-0.2, -0.15) is 4.89 Å². The molecule has 0 amide bonds. The van der Waals surface area contributed by atoms with Crippen molar-refractivity contribution in [1.29, 1.82) is 0 Å². The minimum Gasteiger partial charge on any atom is -0.404 e. The van der Waals surface area contributed by atoms with Crippen LogP contribution in [0.4, 0.5) is 0 Å². The maximum Gasteiger partial charge on any atom is 0.524 e. The highest BCUT2D eigenvalue weighted by atomic mass is 31.2. The quantitative estimate of drug-likeness (QED) is 0.378. The first-order valence-electron chi connectivity index (χ1n) is 8.22. The summed E-state index contributed by atoms with van der Waals surface area (Å²) in [7, 11) is -3.25. The van der Waals surface area contributed by atoms with Crippen molar-refractivity contribution in [1.82, 2.24) is 0 Å². The fourth-order valence-electron chi connectivity index (χ4n) is 3.37. The number of methoxy groups -OCH3 is 1. The average Bonchev–Trinajstić information content (AvgIpc) is 2.58. The van der Waals surface area contributed by atoms with Gasteiger partial charge in [0, 0.05) is 18.2 Å². The number of phosphoric ester groups is 1. The summed E-state index contributed by atoms with van der Waals surface area (Å²) in [6, 6.07) is 4.83. The van der Waals surface area contributed by atoms with Gasteiger partial charge in [-0.05, 0) is 31.7 Å². The van der Waals surface area contributed by atoms with Crippen LogP contribution in [0.25, 0.3) is 6.08 Å². The molecule has 7 nitrogen and oxygen atoms in total. The molecule has 3 unspecified atom stereocenters. The van der Waals surface area contributed by atoms with Crippen LogP contribution in [-0.4, -0.2) is 22.5 Å². The van der Waals surface area contributed by atoms with Crippen molar-refractivity contribution in [3.8, 4) is 5.75 Å². The van der Waals surface area contributed by atoms with E-state index in [1.165, 1.54) is 19.3 Å². The van der Waals surface area contributed by atoms with Gasteiger partial charge in [0.2, 0.25) is 0 Å². The monoisotopic (exact) mass is 384 g/mol. The first-order valence-corrected chi connectivity index (χ1v) is 9.75. The number of benzene rings is 1. The summed E-state index contributed by atoms with van der Waals surface area (Å²) in [5.41, 5.74) is 0.133. The van der Waals surface area contributed by atoms with Gasteiger partial charge in [-0.15, -0.1) is 6.58 Å². The summed E-state index contributed by atoms with van der Waals surface area (Å²) in [6.07, 6.45) is 4.74. The number of hydrogen-bond acceptors (Lipinski definition) is 5. The minimum atomic E-state index is -4.74. The summed E-state index contributed by atoms with van der Waals surface area (Å²) >= 11 is 0. The van der Waals surface area contributed by atoms with Crippen LogP contribution in [0.5, 0.6) is 5.75 Å². The van der Waals surface area contributed by atoms with Gasteiger partial charge in [0.1, 0.15) is 5.75 Å². The van der Waals surface area contributed by atoms with Crippen molar-refractivity contribution in [3.05, 3.63) is 48.6 Å². The molecule has 1 fully saturated rings. The van der Waals surface area contributed by atoms with Gasteiger partial charge in [0.05, 0.1) is 0 Å². The molecule has 2 N–H and O–H groups in total. The van der Waals surface area contributed by atoms with Gasteiger partial charge in [-0.25, -0.2) is 9.45 Å². The molecule has 1 saturated heterocycles. The van der Waals surface area contributed by atoms with E-state index >= 15 is 0 Å². The Balaban J connectivity index is 2.53. The standard InChI is InChI=1S/C18H25O7P/c1-6-9-14(8-3)17(4)18(22-5,25-24-17)15-11-10-13(7-2)16(12-15)23-26(19,20)21/h6-7,10-12,14H,1-2,8-9H2,3-5H3,(H2,19,20,21). The van der Waals surface area contributed by atoms with Gasteiger partial charge >= 0.3 is 7.82 Å². The van der Waals surface area contributed by atoms with Gasteiger partial charge in [-0.1, -0.05) is 37.8 Å². The van der Waals surface area contributed by atoms with Crippen LogP contribution in [0.3, 0.4) is 0 Å². The summed E-state index contributed by atoms with van der Waals surface area (Å²) in [5, 5.41) is 0. The van der Waals surface area contributed by atoms with Gasteiger partial charge in [0.25, 0.3) is 5.79 Å².